The van der Waals surface area contributed by atoms with Crippen LogP contribution in [0.3, 0.4) is 0 Å². The van der Waals surface area contributed by atoms with Gasteiger partial charge in [-0.1, -0.05) is 54.6 Å². The Bertz CT molecular complexity index is 1240. The smallest absolute Gasteiger partial charge is 0.243 e. The van der Waals surface area contributed by atoms with Gasteiger partial charge in [-0.05, 0) is 36.2 Å². The number of carbonyl (C=O) groups is 2. The van der Waals surface area contributed by atoms with Crippen molar-refractivity contribution in [2.75, 3.05) is 11.9 Å². The van der Waals surface area contributed by atoms with Crippen molar-refractivity contribution in [2.24, 2.45) is 0 Å². The Labute approximate surface area is 180 Å². The highest BCUT2D eigenvalue weighted by Crippen LogP contribution is 2.25. The molecular formula is C25H22N4O2. The number of hydrogen-bond acceptors (Lipinski definition) is 4. The molecule has 0 bridgehead atoms. The Kier molecular flexibility index (Phi) is 5.98. The molecule has 1 aromatic heterocycles. The zero-order chi connectivity index (χ0) is 21.6. The summed E-state index contributed by atoms with van der Waals surface area (Å²) in [6.45, 7) is 1.82. The molecule has 0 spiro atoms. The molecule has 0 radical (unpaired) electrons. The van der Waals surface area contributed by atoms with Crippen molar-refractivity contribution >= 4 is 28.5 Å². The van der Waals surface area contributed by atoms with Crippen molar-refractivity contribution in [3.63, 3.8) is 0 Å². The third kappa shape index (κ3) is 5.11. The predicted molar refractivity (Wildman–Crippen MR) is 121 cm³/mol. The van der Waals surface area contributed by atoms with Crippen LogP contribution in [0.15, 0.2) is 79.0 Å². The number of aryl methyl sites for hydroxylation is 1. The number of fused-ring (bicyclic) bond motifs is 1. The number of hydrogen-bond donors (Lipinski definition) is 2. The number of carbonyl (C=O) groups excluding carboxylic acids is 2. The van der Waals surface area contributed by atoms with E-state index in [-0.39, 0.29) is 24.8 Å². The lowest BCUT2D eigenvalue weighted by Gasteiger charge is -2.11. The molecule has 4 rings (SSSR count). The number of amides is 2. The molecule has 31 heavy (non-hydrogen) atoms. The van der Waals surface area contributed by atoms with Gasteiger partial charge < -0.3 is 10.6 Å². The van der Waals surface area contributed by atoms with E-state index < -0.39 is 0 Å². The minimum absolute atomic E-state index is 0.0921. The largest absolute Gasteiger partial charge is 0.347 e. The first-order valence-electron chi connectivity index (χ1n) is 10.0. The van der Waals surface area contributed by atoms with Crippen LogP contribution in [0.4, 0.5) is 5.69 Å². The number of nitrogens with zero attached hydrogens (tertiary/aromatic N) is 2. The monoisotopic (exact) mass is 410 g/mol. The van der Waals surface area contributed by atoms with E-state index in [1.165, 1.54) is 0 Å². The van der Waals surface area contributed by atoms with Crippen LogP contribution < -0.4 is 10.6 Å². The molecule has 6 nitrogen and oxygen atoms in total. The second kappa shape index (κ2) is 9.17. The SMILES string of the molecule is Cc1ccc(-c2cnc3ccccc3n2)cc1NC(=O)CNC(=O)Cc1ccccc1. The molecule has 3 aromatic carbocycles. The maximum atomic E-state index is 12.4. The van der Waals surface area contributed by atoms with Crippen LogP contribution in [0.25, 0.3) is 22.3 Å². The summed E-state index contributed by atoms with van der Waals surface area (Å²) in [6.07, 6.45) is 1.96. The first kappa shape index (κ1) is 20.2. The van der Waals surface area contributed by atoms with Gasteiger partial charge in [-0.25, -0.2) is 4.98 Å². The second-order valence-corrected chi connectivity index (χ2v) is 7.26. The van der Waals surface area contributed by atoms with Crippen molar-refractivity contribution in [1.29, 1.82) is 0 Å². The lowest BCUT2D eigenvalue weighted by Crippen LogP contribution is -2.33. The molecule has 154 valence electrons. The van der Waals surface area contributed by atoms with Crippen LogP contribution in [0.5, 0.6) is 0 Å². The van der Waals surface area contributed by atoms with Gasteiger partial charge in [-0.3, -0.25) is 14.6 Å². The number of anilines is 1. The molecule has 0 saturated heterocycles. The molecule has 0 saturated carbocycles. The minimum atomic E-state index is -0.286. The van der Waals surface area contributed by atoms with E-state index in [0.717, 1.165) is 33.4 Å². The van der Waals surface area contributed by atoms with Crippen LogP contribution in [0.2, 0.25) is 0 Å². The van der Waals surface area contributed by atoms with Crippen LogP contribution in [0, 0.1) is 6.92 Å². The zero-order valence-electron chi connectivity index (χ0n) is 17.1. The maximum Gasteiger partial charge on any atom is 0.243 e. The fourth-order valence-electron chi connectivity index (χ4n) is 3.23. The quantitative estimate of drug-likeness (QED) is 0.505. The Morgan fingerprint density at radius 1 is 0.871 bits per heavy atom. The zero-order valence-corrected chi connectivity index (χ0v) is 17.1. The Morgan fingerprint density at radius 3 is 2.42 bits per heavy atom. The van der Waals surface area contributed by atoms with E-state index in [1.807, 2.05) is 79.7 Å². The third-order valence-electron chi connectivity index (χ3n) is 4.91. The summed E-state index contributed by atoms with van der Waals surface area (Å²) in [7, 11) is 0. The van der Waals surface area contributed by atoms with Crippen LogP contribution >= 0.6 is 0 Å². The highest BCUT2D eigenvalue weighted by atomic mass is 16.2. The van der Waals surface area contributed by atoms with Gasteiger partial charge in [0.05, 0.1) is 35.9 Å². The summed E-state index contributed by atoms with van der Waals surface area (Å²) >= 11 is 0. The highest BCUT2D eigenvalue weighted by molar-refractivity contribution is 5.96. The van der Waals surface area contributed by atoms with Crippen molar-refractivity contribution in [3.8, 4) is 11.3 Å². The van der Waals surface area contributed by atoms with Crippen molar-refractivity contribution in [1.82, 2.24) is 15.3 Å². The molecule has 0 aliphatic heterocycles. The first-order valence-corrected chi connectivity index (χ1v) is 10.0. The van der Waals surface area contributed by atoms with Gasteiger partial charge in [0, 0.05) is 11.3 Å². The van der Waals surface area contributed by atoms with Gasteiger partial charge in [0.25, 0.3) is 0 Å². The number of benzene rings is 3. The van der Waals surface area contributed by atoms with Crippen LogP contribution in [0.1, 0.15) is 11.1 Å². The van der Waals surface area contributed by atoms with Crippen molar-refractivity contribution < 1.29 is 9.59 Å². The van der Waals surface area contributed by atoms with E-state index >= 15 is 0 Å². The third-order valence-corrected chi connectivity index (χ3v) is 4.91. The summed E-state index contributed by atoms with van der Waals surface area (Å²) in [5.41, 5.74) is 5.72. The topological polar surface area (TPSA) is 84.0 Å². The first-order chi connectivity index (χ1) is 15.1. The summed E-state index contributed by atoms with van der Waals surface area (Å²) in [5.74, 6) is -0.482. The van der Waals surface area contributed by atoms with E-state index in [4.69, 9.17) is 0 Å². The predicted octanol–water partition coefficient (Wildman–Crippen LogP) is 3.90. The molecule has 0 unspecified atom stereocenters. The maximum absolute atomic E-state index is 12.4. The van der Waals surface area contributed by atoms with Crippen molar-refractivity contribution in [2.45, 2.75) is 13.3 Å². The van der Waals surface area contributed by atoms with Gasteiger partial charge in [-0.2, -0.15) is 0 Å². The fraction of sp³-hybridized carbons (Fsp3) is 0.120. The molecule has 6 heteroatoms. The number of rotatable bonds is 6. The summed E-state index contributed by atoms with van der Waals surface area (Å²) in [5, 5.41) is 5.54. The van der Waals surface area contributed by atoms with Crippen LogP contribution in [-0.4, -0.2) is 28.3 Å². The van der Waals surface area contributed by atoms with Crippen molar-refractivity contribution in [3.05, 3.63) is 90.1 Å². The normalized spacial score (nSPS) is 10.6. The molecule has 0 fully saturated rings. The van der Waals surface area contributed by atoms with E-state index in [0.29, 0.717) is 5.69 Å². The molecular weight excluding hydrogens is 388 g/mol. The second-order valence-electron chi connectivity index (χ2n) is 7.26. The lowest BCUT2D eigenvalue weighted by molar-refractivity contribution is -0.123. The summed E-state index contributed by atoms with van der Waals surface area (Å²) in [6, 6.07) is 22.8. The average molecular weight is 410 g/mol. The molecule has 1 heterocycles. The molecule has 0 aliphatic rings. The van der Waals surface area contributed by atoms with Crippen LogP contribution in [-0.2, 0) is 16.0 Å². The lowest BCUT2D eigenvalue weighted by atomic mass is 10.1. The minimum Gasteiger partial charge on any atom is -0.347 e. The van der Waals surface area contributed by atoms with Gasteiger partial charge in [0.1, 0.15) is 0 Å². The fourth-order valence-corrected chi connectivity index (χ4v) is 3.23. The van der Waals surface area contributed by atoms with Gasteiger partial charge >= 0.3 is 0 Å². The summed E-state index contributed by atoms with van der Waals surface area (Å²) < 4.78 is 0. The molecule has 0 atom stereocenters. The van der Waals surface area contributed by atoms with E-state index in [2.05, 4.69) is 20.6 Å². The standard InChI is InChI=1S/C25H22N4O2/c1-17-11-12-19(23-15-26-20-9-5-6-10-21(20)28-23)14-22(17)29-25(31)16-27-24(30)13-18-7-3-2-4-8-18/h2-12,14-15H,13,16H2,1H3,(H,27,30)(H,29,31). The number of aromatic nitrogens is 2. The van der Waals surface area contributed by atoms with E-state index in [1.54, 1.807) is 6.20 Å². The Hall–Kier alpha value is -4.06. The molecule has 2 amide bonds. The van der Waals surface area contributed by atoms with Gasteiger partial charge in [0.2, 0.25) is 11.8 Å². The number of nitrogens with one attached hydrogen (secondary N) is 2. The number of para-hydroxylation sites is 2. The molecule has 4 aromatic rings. The highest BCUT2D eigenvalue weighted by Gasteiger charge is 2.10. The Morgan fingerprint density at radius 2 is 1.61 bits per heavy atom. The molecule has 0 aliphatic carbocycles. The Balaban J connectivity index is 1.42. The molecule has 2 N–H and O–H groups in total. The van der Waals surface area contributed by atoms with E-state index in [9.17, 15) is 9.59 Å². The summed E-state index contributed by atoms with van der Waals surface area (Å²) in [4.78, 5) is 33.6. The van der Waals surface area contributed by atoms with Gasteiger partial charge in [-0.15, -0.1) is 0 Å². The average Bonchev–Trinajstić information content (AvgIpc) is 2.79. The van der Waals surface area contributed by atoms with Gasteiger partial charge in [0.15, 0.2) is 0 Å².